The molecule has 1 saturated heterocycles. The maximum Gasteiger partial charge on any atom is 0.262 e. The Morgan fingerprint density at radius 1 is 1.21 bits per heavy atom. The molecule has 130 valence electrons. The average molecular weight is 367 g/mol. The molecule has 1 aliphatic rings. The standard InChI is InChI=1S/C16H22N4O2S2/c1-10-11(2)24-14-13(10)15(22)19(4)16(17-14)23-9-12(21)20-7-5-18(3)6-8-20/h5-9H2,1-4H3. The van der Waals surface area contributed by atoms with Crippen LogP contribution in [0.15, 0.2) is 9.95 Å². The fourth-order valence-electron chi connectivity index (χ4n) is 2.76. The van der Waals surface area contributed by atoms with Crippen LogP contribution in [0.25, 0.3) is 10.2 Å². The highest BCUT2D eigenvalue weighted by Crippen LogP contribution is 2.28. The number of rotatable bonds is 3. The fraction of sp³-hybridized carbons (Fsp3) is 0.562. The van der Waals surface area contributed by atoms with E-state index in [4.69, 9.17) is 0 Å². The lowest BCUT2D eigenvalue weighted by molar-refractivity contribution is -0.129. The van der Waals surface area contributed by atoms with E-state index >= 15 is 0 Å². The lowest BCUT2D eigenvalue weighted by atomic mass is 10.2. The zero-order valence-electron chi connectivity index (χ0n) is 14.5. The van der Waals surface area contributed by atoms with Crippen molar-refractivity contribution in [1.29, 1.82) is 0 Å². The number of carbonyl (C=O) groups is 1. The van der Waals surface area contributed by atoms with Gasteiger partial charge in [0.05, 0.1) is 11.1 Å². The third-order valence-corrected chi connectivity index (χ3v) is 6.67. The first-order chi connectivity index (χ1) is 11.4. The Morgan fingerprint density at radius 2 is 1.88 bits per heavy atom. The molecule has 1 aliphatic heterocycles. The van der Waals surface area contributed by atoms with E-state index in [2.05, 4.69) is 16.9 Å². The lowest BCUT2D eigenvalue weighted by Crippen LogP contribution is -2.47. The van der Waals surface area contributed by atoms with E-state index in [9.17, 15) is 9.59 Å². The molecule has 0 bridgehead atoms. The minimum Gasteiger partial charge on any atom is -0.339 e. The zero-order chi connectivity index (χ0) is 17.4. The molecule has 0 N–H and O–H groups in total. The quantitative estimate of drug-likeness (QED) is 0.608. The van der Waals surface area contributed by atoms with Crippen LogP contribution in [0.3, 0.4) is 0 Å². The van der Waals surface area contributed by atoms with Gasteiger partial charge in [-0.05, 0) is 26.5 Å². The first-order valence-corrected chi connectivity index (χ1v) is 9.74. The molecule has 6 nitrogen and oxygen atoms in total. The van der Waals surface area contributed by atoms with Crippen molar-refractivity contribution in [2.24, 2.45) is 7.05 Å². The maximum absolute atomic E-state index is 12.6. The van der Waals surface area contributed by atoms with Crippen molar-refractivity contribution < 1.29 is 4.79 Å². The van der Waals surface area contributed by atoms with Crippen molar-refractivity contribution in [2.45, 2.75) is 19.0 Å². The van der Waals surface area contributed by atoms with Gasteiger partial charge in [-0.3, -0.25) is 14.2 Å². The topological polar surface area (TPSA) is 58.4 Å². The Hall–Kier alpha value is -1.38. The first kappa shape index (κ1) is 17.4. The molecule has 0 aliphatic carbocycles. The molecule has 0 saturated carbocycles. The van der Waals surface area contributed by atoms with Gasteiger partial charge in [-0.1, -0.05) is 11.8 Å². The molecule has 2 aromatic heterocycles. The normalized spacial score (nSPS) is 16.1. The third-order valence-electron chi connectivity index (χ3n) is 4.55. The van der Waals surface area contributed by atoms with Gasteiger partial charge in [0.2, 0.25) is 5.91 Å². The van der Waals surface area contributed by atoms with Gasteiger partial charge in [0.15, 0.2) is 5.16 Å². The largest absolute Gasteiger partial charge is 0.339 e. The second-order valence-electron chi connectivity index (χ2n) is 6.19. The number of likely N-dealkylation sites (N-methyl/N-ethyl adjacent to an activating group) is 1. The predicted octanol–water partition coefficient (Wildman–Crippen LogP) is 1.48. The number of hydrogen-bond acceptors (Lipinski definition) is 6. The summed E-state index contributed by atoms with van der Waals surface area (Å²) < 4.78 is 1.56. The van der Waals surface area contributed by atoms with Crippen LogP contribution in [-0.2, 0) is 11.8 Å². The minimum atomic E-state index is -0.0311. The molecular weight excluding hydrogens is 344 g/mol. The summed E-state index contributed by atoms with van der Waals surface area (Å²) in [5, 5.41) is 1.31. The average Bonchev–Trinajstić information content (AvgIpc) is 2.84. The first-order valence-electron chi connectivity index (χ1n) is 7.94. The predicted molar refractivity (Wildman–Crippen MR) is 99.1 cm³/mol. The van der Waals surface area contributed by atoms with Crippen LogP contribution in [0.5, 0.6) is 0 Å². The Kier molecular flexibility index (Phi) is 4.98. The van der Waals surface area contributed by atoms with Crippen LogP contribution < -0.4 is 5.56 Å². The van der Waals surface area contributed by atoms with Gasteiger partial charge in [-0.15, -0.1) is 11.3 Å². The van der Waals surface area contributed by atoms with E-state index in [-0.39, 0.29) is 11.5 Å². The van der Waals surface area contributed by atoms with Crippen molar-refractivity contribution in [1.82, 2.24) is 19.4 Å². The molecular formula is C16H22N4O2S2. The SMILES string of the molecule is Cc1sc2nc(SCC(=O)N3CCN(C)CC3)n(C)c(=O)c2c1C. The molecule has 1 amide bonds. The summed E-state index contributed by atoms with van der Waals surface area (Å²) in [5.41, 5.74) is 0.976. The summed E-state index contributed by atoms with van der Waals surface area (Å²) in [4.78, 5) is 35.6. The monoisotopic (exact) mass is 366 g/mol. The van der Waals surface area contributed by atoms with Gasteiger partial charge in [0, 0.05) is 38.1 Å². The molecule has 8 heteroatoms. The molecule has 0 atom stereocenters. The van der Waals surface area contributed by atoms with Gasteiger partial charge in [0.1, 0.15) is 4.83 Å². The zero-order valence-corrected chi connectivity index (χ0v) is 16.1. The number of fused-ring (bicyclic) bond motifs is 1. The van der Waals surface area contributed by atoms with Gasteiger partial charge in [-0.25, -0.2) is 4.98 Å². The van der Waals surface area contributed by atoms with Crippen LogP contribution in [0.2, 0.25) is 0 Å². The molecule has 0 unspecified atom stereocenters. The van der Waals surface area contributed by atoms with E-state index in [0.717, 1.165) is 41.5 Å². The van der Waals surface area contributed by atoms with E-state index < -0.39 is 0 Å². The van der Waals surface area contributed by atoms with Gasteiger partial charge >= 0.3 is 0 Å². The summed E-state index contributed by atoms with van der Waals surface area (Å²) in [6.45, 7) is 7.32. The molecule has 3 heterocycles. The number of amides is 1. The van der Waals surface area contributed by atoms with Crippen molar-refractivity contribution in [3.8, 4) is 0 Å². The summed E-state index contributed by atoms with van der Waals surface area (Å²) >= 11 is 2.89. The highest BCUT2D eigenvalue weighted by Gasteiger charge is 2.20. The molecule has 1 fully saturated rings. The van der Waals surface area contributed by atoms with E-state index in [0.29, 0.717) is 16.3 Å². The number of thioether (sulfide) groups is 1. The van der Waals surface area contributed by atoms with Crippen molar-refractivity contribution >= 4 is 39.2 Å². The molecule has 0 spiro atoms. The maximum atomic E-state index is 12.6. The smallest absolute Gasteiger partial charge is 0.262 e. The molecule has 24 heavy (non-hydrogen) atoms. The summed E-state index contributed by atoms with van der Waals surface area (Å²) in [7, 11) is 3.79. The Morgan fingerprint density at radius 3 is 2.54 bits per heavy atom. The number of piperazine rings is 1. The summed E-state index contributed by atoms with van der Waals surface area (Å²) in [6, 6.07) is 0. The summed E-state index contributed by atoms with van der Waals surface area (Å²) in [5.74, 6) is 0.430. The number of aryl methyl sites for hydroxylation is 2. The number of carbonyl (C=O) groups excluding carboxylic acids is 1. The fourth-order valence-corrected chi connectivity index (χ4v) is 4.70. The van der Waals surface area contributed by atoms with Crippen molar-refractivity contribution in [3.05, 3.63) is 20.8 Å². The van der Waals surface area contributed by atoms with Crippen LogP contribution >= 0.6 is 23.1 Å². The van der Waals surface area contributed by atoms with Crippen molar-refractivity contribution in [3.63, 3.8) is 0 Å². The van der Waals surface area contributed by atoms with E-state index in [1.54, 1.807) is 11.6 Å². The number of thiophene rings is 1. The van der Waals surface area contributed by atoms with Crippen molar-refractivity contribution in [2.75, 3.05) is 39.0 Å². The third kappa shape index (κ3) is 3.22. The van der Waals surface area contributed by atoms with Crippen LogP contribution in [-0.4, -0.2) is 64.2 Å². The van der Waals surface area contributed by atoms with E-state index in [1.165, 1.54) is 23.1 Å². The summed E-state index contributed by atoms with van der Waals surface area (Å²) in [6.07, 6.45) is 0. The Bertz CT molecular complexity index is 835. The second-order valence-corrected chi connectivity index (χ2v) is 8.34. The number of nitrogens with zero attached hydrogens (tertiary/aromatic N) is 4. The molecule has 0 radical (unpaired) electrons. The molecule has 3 rings (SSSR count). The van der Waals surface area contributed by atoms with E-state index in [1.807, 2.05) is 18.7 Å². The highest BCUT2D eigenvalue weighted by molar-refractivity contribution is 7.99. The molecule has 0 aromatic carbocycles. The van der Waals surface area contributed by atoms with Gasteiger partial charge in [0.25, 0.3) is 5.56 Å². The van der Waals surface area contributed by atoms with Gasteiger partial charge in [-0.2, -0.15) is 0 Å². The Labute approximate surface area is 149 Å². The van der Waals surface area contributed by atoms with Crippen LogP contribution in [0, 0.1) is 13.8 Å². The Balaban J connectivity index is 1.77. The minimum absolute atomic E-state index is 0.0311. The molecule has 2 aromatic rings. The number of hydrogen-bond donors (Lipinski definition) is 0. The van der Waals surface area contributed by atoms with Gasteiger partial charge < -0.3 is 9.80 Å². The lowest BCUT2D eigenvalue weighted by Gasteiger charge is -2.32. The highest BCUT2D eigenvalue weighted by atomic mass is 32.2. The second kappa shape index (κ2) is 6.85. The van der Waals surface area contributed by atoms with Crippen LogP contribution in [0.4, 0.5) is 0 Å². The van der Waals surface area contributed by atoms with Crippen LogP contribution in [0.1, 0.15) is 10.4 Å². The number of aromatic nitrogens is 2.